The highest BCUT2D eigenvalue weighted by Gasteiger charge is 2.40. The highest BCUT2D eigenvalue weighted by molar-refractivity contribution is 7.89. The molecule has 0 saturated carbocycles. The number of carbonyl (C=O) groups is 1. The van der Waals surface area contributed by atoms with E-state index in [2.05, 4.69) is 4.98 Å². The maximum Gasteiger partial charge on any atom is 0.287 e. The van der Waals surface area contributed by atoms with Crippen LogP contribution >= 0.6 is 0 Å². The summed E-state index contributed by atoms with van der Waals surface area (Å²) < 4.78 is 38.8. The van der Waals surface area contributed by atoms with Crippen LogP contribution in [0.3, 0.4) is 0 Å². The molecule has 5 nitrogen and oxygen atoms in total. The van der Waals surface area contributed by atoms with Gasteiger partial charge in [-0.3, -0.25) is 4.79 Å². The van der Waals surface area contributed by atoms with Crippen molar-refractivity contribution < 1.29 is 17.6 Å². The van der Waals surface area contributed by atoms with Gasteiger partial charge >= 0.3 is 0 Å². The molecule has 1 aromatic heterocycles. The minimum atomic E-state index is -4.19. The highest BCUT2D eigenvalue weighted by Crippen LogP contribution is 2.29. The first-order valence-electron chi connectivity index (χ1n) is 6.00. The van der Waals surface area contributed by atoms with Gasteiger partial charge in [-0.25, -0.2) is 13.7 Å². The van der Waals surface area contributed by atoms with E-state index in [0.717, 1.165) is 10.4 Å². The maximum absolute atomic E-state index is 13.5. The Balaban J connectivity index is 2.37. The zero-order chi connectivity index (χ0) is 14.2. The lowest BCUT2D eigenvalue weighted by Crippen LogP contribution is -2.34. The fourth-order valence-corrected chi connectivity index (χ4v) is 3.50. The molecule has 0 radical (unpaired) electrons. The summed E-state index contributed by atoms with van der Waals surface area (Å²) >= 11 is 0. The van der Waals surface area contributed by atoms with Crippen LogP contribution in [0.1, 0.15) is 20.3 Å². The Labute approximate surface area is 111 Å². The fraction of sp³-hybridized carbons (Fsp3) is 0.500. The van der Waals surface area contributed by atoms with Gasteiger partial charge in [0.15, 0.2) is 5.82 Å². The molecule has 19 heavy (non-hydrogen) atoms. The molecule has 7 heteroatoms. The first kappa shape index (κ1) is 13.9. The molecule has 0 N–H and O–H groups in total. The number of pyridine rings is 1. The largest absolute Gasteiger partial charge is 0.287 e. The minimum Gasteiger partial charge on any atom is -0.274 e. The van der Waals surface area contributed by atoms with Gasteiger partial charge in [0, 0.05) is 19.2 Å². The number of sulfonamides is 1. The third-order valence-corrected chi connectivity index (χ3v) is 5.04. The third kappa shape index (κ3) is 2.47. The smallest absolute Gasteiger partial charge is 0.274 e. The number of hydrogen-bond donors (Lipinski definition) is 0. The molecule has 104 valence electrons. The summed E-state index contributed by atoms with van der Waals surface area (Å²) in [6.07, 6.45) is 1.36. The number of rotatable bonds is 3. The monoisotopic (exact) mass is 286 g/mol. The molecular formula is C12H15FN2O3S. The van der Waals surface area contributed by atoms with Crippen molar-refractivity contribution in [2.45, 2.75) is 25.3 Å². The van der Waals surface area contributed by atoms with E-state index in [-0.39, 0.29) is 24.8 Å². The Hall–Kier alpha value is -1.50. The summed E-state index contributed by atoms with van der Waals surface area (Å²) in [5.41, 5.74) is 0. The predicted octanol–water partition coefficient (Wildman–Crippen LogP) is 1.41. The van der Waals surface area contributed by atoms with Crippen molar-refractivity contribution in [2.75, 3.05) is 6.54 Å². The van der Waals surface area contributed by atoms with E-state index in [1.54, 1.807) is 0 Å². The van der Waals surface area contributed by atoms with Crippen LogP contribution in [-0.4, -0.2) is 30.2 Å². The second-order valence-corrected chi connectivity index (χ2v) is 6.71. The number of hydrogen-bond acceptors (Lipinski definition) is 4. The summed E-state index contributed by atoms with van der Waals surface area (Å²) in [7, 11) is -4.19. The molecule has 1 atom stereocenters. The number of carbonyl (C=O) groups excluding carboxylic acids is 1. The summed E-state index contributed by atoms with van der Waals surface area (Å²) in [4.78, 5) is 15.4. The number of aromatic nitrogens is 1. The molecule has 0 spiro atoms. The van der Waals surface area contributed by atoms with Gasteiger partial charge in [0.1, 0.15) is 0 Å². The van der Waals surface area contributed by atoms with Gasteiger partial charge < -0.3 is 0 Å². The lowest BCUT2D eigenvalue weighted by Gasteiger charge is -2.17. The number of halogens is 1. The van der Waals surface area contributed by atoms with Crippen molar-refractivity contribution in [3.8, 4) is 0 Å². The van der Waals surface area contributed by atoms with Gasteiger partial charge in [-0.15, -0.1) is 0 Å². The van der Waals surface area contributed by atoms with Crippen LogP contribution in [-0.2, 0) is 14.8 Å². The molecule has 1 aliphatic rings. The van der Waals surface area contributed by atoms with E-state index in [9.17, 15) is 17.6 Å². The number of nitrogens with zero attached hydrogens (tertiary/aromatic N) is 2. The minimum absolute atomic E-state index is 0.0333. The van der Waals surface area contributed by atoms with Gasteiger partial charge in [-0.1, -0.05) is 13.8 Å². The SMILES string of the molecule is CC(C)C1CC(=O)N(S(=O)(=O)c2ncccc2F)C1. The van der Waals surface area contributed by atoms with Crippen molar-refractivity contribution in [3.05, 3.63) is 24.1 Å². The summed E-state index contributed by atoms with van der Waals surface area (Å²) in [5, 5.41) is -0.687. The molecule has 1 fully saturated rings. The quantitative estimate of drug-likeness (QED) is 0.842. The van der Waals surface area contributed by atoms with Gasteiger partial charge in [0.25, 0.3) is 10.0 Å². The Morgan fingerprint density at radius 1 is 1.47 bits per heavy atom. The van der Waals surface area contributed by atoms with E-state index in [4.69, 9.17) is 0 Å². The van der Waals surface area contributed by atoms with Crippen LogP contribution in [0.15, 0.2) is 23.4 Å². The lowest BCUT2D eigenvalue weighted by molar-refractivity contribution is -0.123. The number of amides is 1. The van der Waals surface area contributed by atoms with Crippen molar-refractivity contribution in [1.82, 2.24) is 9.29 Å². The zero-order valence-corrected chi connectivity index (χ0v) is 11.5. The molecule has 0 aromatic carbocycles. The van der Waals surface area contributed by atoms with Crippen molar-refractivity contribution >= 4 is 15.9 Å². The Kier molecular flexibility index (Phi) is 3.58. The molecular weight excluding hydrogens is 271 g/mol. The second-order valence-electron chi connectivity index (χ2n) is 4.93. The van der Waals surface area contributed by atoms with Crippen molar-refractivity contribution in [2.24, 2.45) is 11.8 Å². The Bertz CT molecular complexity index is 601. The first-order chi connectivity index (χ1) is 8.84. The maximum atomic E-state index is 13.5. The summed E-state index contributed by atoms with van der Waals surface area (Å²) in [6, 6.07) is 2.32. The second kappa shape index (κ2) is 4.88. The van der Waals surface area contributed by atoms with E-state index in [1.165, 1.54) is 12.3 Å². The van der Waals surface area contributed by atoms with E-state index in [1.807, 2.05) is 13.8 Å². The van der Waals surface area contributed by atoms with Crippen LogP contribution in [0.2, 0.25) is 0 Å². The standard InChI is InChI=1S/C12H15FN2O3S/c1-8(2)9-6-11(16)15(7-9)19(17,18)12-10(13)4-3-5-14-12/h3-5,8-9H,6-7H2,1-2H3. The molecule has 1 amide bonds. The van der Waals surface area contributed by atoms with Gasteiger partial charge in [0.2, 0.25) is 10.9 Å². The zero-order valence-electron chi connectivity index (χ0n) is 10.7. The molecule has 1 saturated heterocycles. The Morgan fingerprint density at radius 2 is 2.16 bits per heavy atom. The molecule has 0 bridgehead atoms. The van der Waals surface area contributed by atoms with Crippen LogP contribution in [0.4, 0.5) is 4.39 Å². The van der Waals surface area contributed by atoms with E-state index >= 15 is 0 Å². The van der Waals surface area contributed by atoms with Crippen LogP contribution < -0.4 is 0 Å². The molecule has 2 heterocycles. The van der Waals surface area contributed by atoms with Crippen LogP contribution in [0.25, 0.3) is 0 Å². The predicted molar refractivity (Wildman–Crippen MR) is 66.0 cm³/mol. The molecule has 1 aromatic rings. The third-order valence-electron chi connectivity index (χ3n) is 3.32. The first-order valence-corrected chi connectivity index (χ1v) is 7.44. The van der Waals surface area contributed by atoms with Crippen LogP contribution in [0, 0.1) is 17.7 Å². The topological polar surface area (TPSA) is 67.3 Å². The molecule has 2 rings (SSSR count). The van der Waals surface area contributed by atoms with Gasteiger partial charge in [-0.05, 0) is 24.0 Å². The van der Waals surface area contributed by atoms with Gasteiger partial charge in [-0.2, -0.15) is 8.42 Å². The summed E-state index contributed by atoms with van der Waals surface area (Å²) in [6.45, 7) is 3.94. The molecule has 0 aliphatic carbocycles. The van der Waals surface area contributed by atoms with Gasteiger partial charge in [0.05, 0.1) is 0 Å². The van der Waals surface area contributed by atoms with Crippen molar-refractivity contribution in [1.29, 1.82) is 0 Å². The highest BCUT2D eigenvalue weighted by atomic mass is 32.2. The molecule has 1 unspecified atom stereocenters. The molecule has 1 aliphatic heterocycles. The Morgan fingerprint density at radius 3 is 2.68 bits per heavy atom. The average Bonchev–Trinajstić information content (AvgIpc) is 2.72. The van der Waals surface area contributed by atoms with E-state index < -0.39 is 26.8 Å². The van der Waals surface area contributed by atoms with Crippen molar-refractivity contribution in [3.63, 3.8) is 0 Å². The summed E-state index contributed by atoms with van der Waals surface area (Å²) in [5.74, 6) is -1.28. The van der Waals surface area contributed by atoms with Crippen LogP contribution in [0.5, 0.6) is 0 Å². The van der Waals surface area contributed by atoms with E-state index in [0.29, 0.717) is 0 Å². The fourth-order valence-electron chi connectivity index (χ4n) is 2.05. The average molecular weight is 286 g/mol. The normalized spacial score (nSPS) is 20.3. The lowest BCUT2D eigenvalue weighted by atomic mass is 9.95.